The minimum Gasteiger partial charge on any atom is -0.341 e. The van der Waals surface area contributed by atoms with Gasteiger partial charge in [0.1, 0.15) is 13.5 Å². The molecule has 3 N–H and O–H groups in total. The molecule has 0 unspecified atom stereocenters. The van der Waals surface area contributed by atoms with E-state index < -0.39 is 7.14 Å². The van der Waals surface area contributed by atoms with E-state index in [2.05, 4.69) is 62.2 Å². The molecule has 2 aromatic carbocycles. The average Bonchev–Trinajstić information content (AvgIpc) is 3.41. The van der Waals surface area contributed by atoms with Gasteiger partial charge in [-0.25, -0.2) is 4.98 Å². The van der Waals surface area contributed by atoms with Crippen LogP contribution in [0, 0.1) is 19.8 Å². The van der Waals surface area contributed by atoms with Gasteiger partial charge in [-0.1, -0.05) is 32.0 Å². The van der Waals surface area contributed by atoms with Crippen molar-refractivity contribution in [3.63, 3.8) is 0 Å². The summed E-state index contributed by atoms with van der Waals surface area (Å²) in [7, 11) is -2.38. The fraction of sp³-hybridized carbons (Fsp3) is 0.424. The third-order valence-electron chi connectivity index (χ3n) is 8.35. The first-order valence-electron chi connectivity index (χ1n) is 15.2. The van der Waals surface area contributed by atoms with Crippen molar-refractivity contribution < 1.29 is 4.57 Å². The van der Waals surface area contributed by atoms with Crippen molar-refractivity contribution in [2.45, 2.75) is 53.4 Å². The first-order chi connectivity index (χ1) is 20.3. The molecule has 0 radical (unpaired) electrons. The minimum atomic E-state index is -2.38. The van der Waals surface area contributed by atoms with Gasteiger partial charge >= 0.3 is 0 Å². The number of aryl methyl sites for hydroxylation is 2. The molecule has 0 atom stereocenters. The quantitative estimate of drug-likeness (QED) is 0.187. The summed E-state index contributed by atoms with van der Waals surface area (Å²) in [6.07, 6.45) is 11.3. The molecule has 8 nitrogen and oxygen atoms in total. The van der Waals surface area contributed by atoms with Crippen LogP contribution in [-0.2, 0) is 4.57 Å². The molecule has 222 valence electrons. The highest BCUT2D eigenvalue weighted by Crippen LogP contribution is 2.45. The molecule has 5 rings (SSSR count). The van der Waals surface area contributed by atoms with E-state index in [9.17, 15) is 4.57 Å². The van der Waals surface area contributed by atoms with Gasteiger partial charge in [-0.3, -0.25) is 4.57 Å². The Morgan fingerprint density at radius 2 is 1.67 bits per heavy atom. The van der Waals surface area contributed by atoms with E-state index in [1.165, 1.54) is 16.7 Å². The van der Waals surface area contributed by atoms with Crippen molar-refractivity contribution in [1.29, 1.82) is 0 Å². The number of fused-ring (bicyclic) bond motifs is 1. The van der Waals surface area contributed by atoms with E-state index in [1.54, 1.807) is 6.33 Å². The zero-order valence-corrected chi connectivity index (χ0v) is 26.3. The highest BCUT2D eigenvalue weighted by molar-refractivity contribution is 7.71. The standard InChI is InChI=1S/C33H44N7OP/c1-5-20-42(41,21-6-2)28-12-10-27(11-13-28)36-31-30-32(38-33(37-31)39-17-14-26(22-34)15-18-39)40(23-35-30)19-16-29-24(3)8-7-9-25(29)4/h7-13,16,19,23,26H,5-6,14-15,17-18,20-22,34H2,1-4H3,(H,36,37,38). The zero-order valence-electron chi connectivity index (χ0n) is 25.4. The summed E-state index contributed by atoms with van der Waals surface area (Å²) in [5.74, 6) is 1.89. The summed E-state index contributed by atoms with van der Waals surface area (Å²) in [5, 5.41) is 4.46. The molecular formula is C33H44N7OP. The Hall–Kier alpha value is -3.48. The van der Waals surface area contributed by atoms with E-state index in [-0.39, 0.29) is 0 Å². The molecule has 1 aliphatic rings. The van der Waals surface area contributed by atoms with Gasteiger partial charge in [0.15, 0.2) is 17.0 Å². The average molecular weight is 586 g/mol. The van der Waals surface area contributed by atoms with Crippen LogP contribution in [0.3, 0.4) is 0 Å². The summed E-state index contributed by atoms with van der Waals surface area (Å²) < 4.78 is 15.6. The number of hydrogen-bond acceptors (Lipinski definition) is 7. The van der Waals surface area contributed by atoms with Gasteiger partial charge in [-0.05, 0) is 99.0 Å². The largest absolute Gasteiger partial charge is 0.341 e. The van der Waals surface area contributed by atoms with Crippen molar-refractivity contribution in [3.05, 3.63) is 65.5 Å². The minimum absolute atomic E-state index is 0.545. The fourth-order valence-electron chi connectivity index (χ4n) is 5.90. The topological polar surface area (TPSA) is 102 Å². The van der Waals surface area contributed by atoms with Gasteiger partial charge in [0.2, 0.25) is 5.95 Å². The molecule has 0 spiro atoms. The van der Waals surface area contributed by atoms with Crippen molar-refractivity contribution in [1.82, 2.24) is 19.5 Å². The Labute approximate surface area is 249 Å². The van der Waals surface area contributed by atoms with E-state index in [0.717, 1.165) is 74.3 Å². The number of piperidine rings is 1. The molecule has 3 heterocycles. The molecule has 0 amide bonds. The maximum absolute atomic E-state index is 13.7. The normalized spacial score (nSPS) is 14.7. The second-order valence-electron chi connectivity index (χ2n) is 11.5. The second kappa shape index (κ2) is 13.2. The number of nitrogens with one attached hydrogen (secondary N) is 1. The van der Waals surface area contributed by atoms with Crippen LogP contribution in [0.5, 0.6) is 0 Å². The lowest BCUT2D eigenvalue weighted by Gasteiger charge is -2.31. The first kappa shape index (κ1) is 30.0. The van der Waals surface area contributed by atoms with Crippen LogP contribution in [0.15, 0.2) is 48.8 Å². The molecule has 0 saturated carbocycles. The lowest BCUT2D eigenvalue weighted by Crippen LogP contribution is -2.37. The molecule has 1 saturated heterocycles. The van der Waals surface area contributed by atoms with Crippen LogP contribution < -0.4 is 21.3 Å². The van der Waals surface area contributed by atoms with Gasteiger partial charge in [0, 0.05) is 42.6 Å². The van der Waals surface area contributed by atoms with Crippen molar-refractivity contribution >= 4 is 53.3 Å². The van der Waals surface area contributed by atoms with Crippen molar-refractivity contribution in [2.24, 2.45) is 11.7 Å². The number of imidazole rings is 1. The van der Waals surface area contributed by atoms with Crippen LogP contribution in [0.1, 0.15) is 56.2 Å². The maximum atomic E-state index is 13.7. The summed E-state index contributed by atoms with van der Waals surface area (Å²) in [6, 6.07) is 14.4. The van der Waals surface area contributed by atoms with E-state index >= 15 is 0 Å². The summed E-state index contributed by atoms with van der Waals surface area (Å²) >= 11 is 0. The number of rotatable bonds is 11. The molecule has 2 aromatic heterocycles. The molecule has 42 heavy (non-hydrogen) atoms. The Kier molecular flexibility index (Phi) is 9.44. The van der Waals surface area contributed by atoms with Crippen LogP contribution in [0.4, 0.5) is 17.5 Å². The molecule has 9 heteroatoms. The SMILES string of the molecule is CCCP(=O)(CCC)c1ccc(Nc2nc(N3CCC(CN)CC3)nc3c2ncn3C=Cc2c(C)cccc2C)cc1. The van der Waals surface area contributed by atoms with Gasteiger partial charge in [0.25, 0.3) is 0 Å². The van der Waals surface area contributed by atoms with Crippen molar-refractivity contribution in [3.8, 4) is 0 Å². The molecule has 1 aliphatic heterocycles. The van der Waals surface area contributed by atoms with Gasteiger partial charge in [-0.2, -0.15) is 9.97 Å². The number of aromatic nitrogens is 4. The highest BCUT2D eigenvalue weighted by Gasteiger charge is 2.24. The lowest BCUT2D eigenvalue weighted by atomic mass is 9.97. The molecule has 0 bridgehead atoms. The summed E-state index contributed by atoms with van der Waals surface area (Å²) in [5.41, 5.74) is 11.9. The summed E-state index contributed by atoms with van der Waals surface area (Å²) in [4.78, 5) is 17.0. The Morgan fingerprint density at radius 3 is 2.29 bits per heavy atom. The molecule has 1 fully saturated rings. The first-order valence-corrected chi connectivity index (χ1v) is 17.3. The predicted octanol–water partition coefficient (Wildman–Crippen LogP) is 6.80. The zero-order chi connectivity index (χ0) is 29.7. The number of hydrogen-bond donors (Lipinski definition) is 2. The van der Waals surface area contributed by atoms with E-state index in [4.69, 9.17) is 20.7 Å². The molecule has 0 aliphatic carbocycles. The Balaban J connectivity index is 1.51. The summed E-state index contributed by atoms with van der Waals surface area (Å²) in [6.45, 7) is 10.9. The third kappa shape index (κ3) is 6.45. The van der Waals surface area contributed by atoms with Crippen LogP contribution in [-0.4, -0.2) is 51.5 Å². The Bertz CT molecular complexity index is 1560. The Morgan fingerprint density at radius 1 is 1.00 bits per heavy atom. The third-order valence-corrected chi connectivity index (χ3v) is 11.9. The smallest absolute Gasteiger partial charge is 0.229 e. The number of nitrogens with two attached hydrogens (primary N) is 1. The number of benzene rings is 2. The van der Waals surface area contributed by atoms with Crippen molar-refractivity contribution in [2.75, 3.05) is 42.2 Å². The second-order valence-corrected chi connectivity index (χ2v) is 14.7. The predicted molar refractivity (Wildman–Crippen MR) is 178 cm³/mol. The monoisotopic (exact) mass is 585 g/mol. The maximum Gasteiger partial charge on any atom is 0.229 e. The highest BCUT2D eigenvalue weighted by atomic mass is 31.2. The molecule has 4 aromatic rings. The number of nitrogens with zero attached hydrogens (tertiary/aromatic N) is 5. The van der Waals surface area contributed by atoms with Gasteiger partial charge in [0.05, 0.1) is 0 Å². The van der Waals surface area contributed by atoms with Crippen LogP contribution >= 0.6 is 7.14 Å². The van der Waals surface area contributed by atoms with Gasteiger partial charge < -0.3 is 20.5 Å². The molecular weight excluding hydrogens is 541 g/mol. The van der Waals surface area contributed by atoms with Crippen LogP contribution in [0.25, 0.3) is 23.4 Å². The fourth-order valence-corrected chi connectivity index (χ4v) is 8.78. The lowest BCUT2D eigenvalue weighted by molar-refractivity contribution is 0.411. The van der Waals surface area contributed by atoms with E-state index in [0.29, 0.717) is 23.2 Å². The van der Waals surface area contributed by atoms with Crippen LogP contribution in [0.2, 0.25) is 0 Å². The number of anilines is 3. The van der Waals surface area contributed by atoms with E-state index in [1.807, 2.05) is 35.0 Å². The van der Waals surface area contributed by atoms with Gasteiger partial charge in [-0.15, -0.1) is 0 Å².